The Morgan fingerprint density at radius 2 is 1.88 bits per heavy atom. The zero-order valence-corrected chi connectivity index (χ0v) is 19.3. The molecule has 1 amide bonds. The molecule has 0 atom stereocenters. The molecule has 0 bridgehead atoms. The number of carboxylic acids is 1. The molecule has 1 fully saturated rings. The molecule has 8 heteroatoms. The van der Waals surface area contributed by atoms with Crippen molar-refractivity contribution in [3.63, 3.8) is 0 Å². The lowest BCUT2D eigenvalue weighted by atomic mass is 10.1. The van der Waals surface area contributed by atoms with Gasteiger partial charge in [-0.2, -0.15) is 0 Å². The Balaban J connectivity index is 1.91. The van der Waals surface area contributed by atoms with Gasteiger partial charge in [0, 0.05) is 6.04 Å². The van der Waals surface area contributed by atoms with Crippen LogP contribution in [0.5, 0.6) is 11.5 Å². The van der Waals surface area contributed by atoms with Gasteiger partial charge in [-0.1, -0.05) is 23.8 Å². The first-order chi connectivity index (χ1) is 15.3. The average molecular weight is 455 g/mol. The molecule has 3 rings (SSSR count). The molecule has 1 aliphatic heterocycles. The number of aryl methyl sites for hydroxylation is 1. The molecule has 32 heavy (non-hydrogen) atoms. The van der Waals surface area contributed by atoms with E-state index >= 15 is 0 Å². The largest absolute Gasteiger partial charge is 0.490 e. The maximum absolute atomic E-state index is 13.1. The van der Waals surface area contributed by atoms with Gasteiger partial charge in [-0.05, 0) is 75.4 Å². The van der Waals surface area contributed by atoms with Gasteiger partial charge in [0.2, 0.25) is 0 Å². The van der Waals surface area contributed by atoms with Crippen LogP contribution in [-0.2, 0) is 9.59 Å². The van der Waals surface area contributed by atoms with Crippen LogP contribution < -0.4 is 9.47 Å². The third-order valence-electron chi connectivity index (χ3n) is 4.53. The Bertz CT molecular complexity index is 1060. The summed E-state index contributed by atoms with van der Waals surface area (Å²) in [5, 5.41) is 9.48. The Morgan fingerprint density at radius 3 is 2.50 bits per heavy atom. The number of benzene rings is 2. The van der Waals surface area contributed by atoms with Crippen molar-refractivity contribution < 1.29 is 24.2 Å². The van der Waals surface area contributed by atoms with E-state index in [4.69, 9.17) is 14.6 Å². The van der Waals surface area contributed by atoms with Crippen LogP contribution in [0.1, 0.15) is 31.9 Å². The lowest BCUT2D eigenvalue weighted by Crippen LogP contribution is -2.35. The van der Waals surface area contributed by atoms with Gasteiger partial charge in [0.25, 0.3) is 5.91 Å². The smallest absolute Gasteiger partial charge is 0.341 e. The lowest BCUT2D eigenvalue weighted by Gasteiger charge is -2.19. The summed E-state index contributed by atoms with van der Waals surface area (Å²) in [6.45, 7) is 7.68. The van der Waals surface area contributed by atoms with Crippen molar-refractivity contribution in [3.8, 4) is 11.5 Å². The fourth-order valence-corrected chi connectivity index (χ4v) is 4.16. The molecule has 2 aromatic rings. The first-order valence-electron chi connectivity index (χ1n) is 10.3. The number of hydrogen-bond donors (Lipinski definition) is 1. The number of aliphatic carboxylic acids is 1. The van der Waals surface area contributed by atoms with E-state index < -0.39 is 12.6 Å². The predicted octanol–water partition coefficient (Wildman–Crippen LogP) is 4.87. The highest BCUT2D eigenvalue weighted by atomic mass is 32.2. The second-order valence-electron chi connectivity index (χ2n) is 7.43. The second-order valence-corrected chi connectivity index (χ2v) is 8.44. The highest BCUT2D eigenvalue weighted by Gasteiger charge is 2.35. The number of carbonyl (C=O) groups is 2. The Kier molecular flexibility index (Phi) is 7.58. The third kappa shape index (κ3) is 5.70. The van der Waals surface area contributed by atoms with Gasteiger partial charge in [0.15, 0.2) is 23.3 Å². The molecule has 0 saturated carbocycles. The molecule has 1 aliphatic rings. The summed E-state index contributed by atoms with van der Waals surface area (Å²) in [4.78, 5) is 30.8. The number of thioether (sulfide) groups is 1. The van der Waals surface area contributed by atoms with E-state index in [1.54, 1.807) is 29.2 Å². The minimum Gasteiger partial charge on any atom is -0.490 e. The number of amides is 1. The Labute approximate surface area is 191 Å². The quantitative estimate of drug-likeness (QED) is 0.573. The van der Waals surface area contributed by atoms with Crippen LogP contribution in [0.25, 0.3) is 6.08 Å². The number of amidine groups is 1. The number of carboxylic acid groups (broad SMARTS) is 1. The summed E-state index contributed by atoms with van der Waals surface area (Å²) in [6.07, 6.45) is 1.78. The van der Waals surface area contributed by atoms with Crippen LogP contribution in [-0.4, -0.2) is 46.3 Å². The van der Waals surface area contributed by atoms with Crippen molar-refractivity contribution >= 4 is 40.6 Å². The van der Waals surface area contributed by atoms with Crippen molar-refractivity contribution in [1.82, 2.24) is 4.90 Å². The number of aliphatic imine (C=N–C) groups is 1. The molecule has 0 spiro atoms. The van der Waals surface area contributed by atoms with Gasteiger partial charge in [0.05, 0.1) is 17.2 Å². The molecular formula is C24H26N2O5S. The van der Waals surface area contributed by atoms with Crippen LogP contribution in [0.2, 0.25) is 0 Å². The van der Waals surface area contributed by atoms with Gasteiger partial charge in [0.1, 0.15) is 0 Å². The van der Waals surface area contributed by atoms with Crippen molar-refractivity contribution in [2.24, 2.45) is 4.99 Å². The molecule has 0 aliphatic carbocycles. The summed E-state index contributed by atoms with van der Waals surface area (Å²) in [5.41, 5.74) is 2.68. The molecular weight excluding hydrogens is 428 g/mol. The fraction of sp³-hybridized carbons (Fsp3) is 0.292. The SMILES string of the molecule is CCOc1cc(/C=C2/SC(=Nc3ccc(C)cc3)N(C(C)C)C2=O)ccc1OCC(=O)O. The van der Waals surface area contributed by atoms with E-state index in [9.17, 15) is 9.59 Å². The first kappa shape index (κ1) is 23.4. The molecule has 168 valence electrons. The fourth-order valence-electron chi connectivity index (χ4n) is 3.04. The van der Waals surface area contributed by atoms with Gasteiger partial charge in [-0.15, -0.1) is 0 Å². The standard InChI is InChI=1S/C24H26N2O5S/c1-5-30-20-12-17(8-11-19(20)31-14-22(27)28)13-21-23(29)26(15(2)3)24(32-21)25-18-9-6-16(4)7-10-18/h6-13,15H,5,14H2,1-4H3,(H,27,28)/b21-13+,25-24?. The summed E-state index contributed by atoms with van der Waals surface area (Å²) in [7, 11) is 0. The van der Waals surface area contributed by atoms with E-state index in [0.29, 0.717) is 28.2 Å². The normalized spacial score (nSPS) is 16.3. The topological polar surface area (TPSA) is 88.4 Å². The van der Waals surface area contributed by atoms with E-state index in [2.05, 4.69) is 4.99 Å². The number of nitrogens with zero attached hydrogens (tertiary/aromatic N) is 2. The second kappa shape index (κ2) is 10.4. The van der Waals surface area contributed by atoms with E-state index in [1.165, 1.54) is 11.8 Å². The summed E-state index contributed by atoms with van der Waals surface area (Å²) in [6, 6.07) is 12.9. The summed E-state index contributed by atoms with van der Waals surface area (Å²) < 4.78 is 10.9. The minimum absolute atomic E-state index is 0.0455. The lowest BCUT2D eigenvalue weighted by molar-refractivity contribution is -0.139. The van der Waals surface area contributed by atoms with E-state index in [0.717, 1.165) is 16.8 Å². The van der Waals surface area contributed by atoms with Gasteiger partial charge in [-0.3, -0.25) is 9.69 Å². The molecule has 0 unspecified atom stereocenters. The Hall–Kier alpha value is -3.26. The summed E-state index contributed by atoms with van der Waals surface area (Å²) >= 11 is 1.32. The van der Waals surface area contributed by atoms with Crippen molar-refractivity contribution in [3.05, 3.63) is 58.5 Å². The minimum atomic E-state index is -1.07. The highest BCUT2D eigenvalue weighted by Crippen LogP contribution is 2.37. The predicted molar refractivity (Wildman–Crippen MR) is 127 cm³/mol. The molecule has 0 radical (unpaired) electrons. The van der Waals surface area contributed by atoms with Crippen LogP contribution in [0.4, 0.5) is 5.69 Å². The Morgan fingerprint density at radius 1 is 1.16 bits per heavy atom. The van der Waals surface area contributed by atoms with Crippen LogP contribution in [0.15, 0.2) is 52.4 Å². The van der Waals surface area contributed by atoms with Gasteiger partial charge < -0.3 is 14.6 Å². The van der Waals surface area contributed by atoms with E-state index in [1.807, 2.05) is 52.0 Å². The van der Waals surface area contributed by atoms with Crippen LogP contribution in [0.3, 0.4) is 0 Å². The highest BCUT2D eigenvalue weighted by molar-refractivity contribution is 8.18. The molecule has 1 heterocycles. The van der Waals surface area contributed by atoms with E-state index in [-0.39, 0.29) is 11.9 Å². The van der Waals surface area contributed by atoms with Gasteiger partial charge >= 0.3 is 5.97 Å². The number of rotatable bonds is 8. The monoisotopic (exact) mass is 454 g/mol. The van der Waals surface area contributed by atoms with Crippen molar-refractivity contribution in [2.75, 3.05) is 13.2 Å². The zero-order valence-electron chi connectivity index (χ0n) is 18.5. The average Bonchev–Trinajstić information content (AvgIpc) is 3.04. The molecule has 7 nitrogen and oxygen atoms in total. The molecule has 1 N–H and O–H groups in total. The zero-order chi connectivity index (χ0) is 23.3. The number of ether oxygens (including phenoxy) is 2. The van der Waals surface area contributed by atoms with Gasteiger partial charge in [-0.25, -0.2) is 9.79 Å². The van der Waals surface area contributed by atoms with Crippen LogP contribution in [0, 0.1) is 6.92 Å². The third-order valence-corrected chi connectivity index (χ3v) is 5.51. The van der Waals surface area contributed by atoms with Crippen molar-refractivity contribution in [1.29, 1.82) is 0 Å². The van der Waals surface area contributed by atoms with Crippen LogP contribution >= 0.6 is 11.8 Å². The molecule has 2 aromatic carbocycles. The number of hydrogen-bond acceptors (Lipinski definition) is 6. The molecule has 0 aromatic heterocycles. The molecule has 1 saturated heterocycles. The summed E-state index contributed by atoms with van der Waals surface area (Å²) in [5.74, 6) is -0.416. The maximum Gasteiger partial charge on any atom is 0.341 e. The maximum atomic E-state index is 13.1. The number of carbonyl (C=O) groups excluding carboxylic acids is 1. The first-order valence-corrected chi connectivity index (χ1v) is 11.1. The van der Waals surface area contributed by atoms with Crippen molar-refractivity contribution in [2.45, 2.75) is 33.7 Å².